The average molecular weight is 368 g/mol. The fraction of sp³-hybridized carbons (Fsp3) is 0.450. The fourth-order valence-electron chi connectivity index (χ4n) is 3.53. The SMILES string of the molecule is O=C(COc1ccccc1)N1CC2(CCC(CNc3ncccn3)CO2)C1. The van der Waals surface area contributed by atoms with Crippen molar-refractivity contribution in [3.05, 3.63) is 48.8 Å². The molecule has 2 aliphatic heterocycles. The number of nitrogens with zero attached hydrogens (tertiary/aromatic N) is 3. The van der Waals surface area contributed by atoms with Crippen LogP contribution >= 0.6 is 0 Å². The molecule has 0 radical (unpaired) electrons. The Labute approximate surface area is 158 Å². The topological polar surface area (TPSA) is 76.6 Å². The molecule has 0 saturated carbocycles. The Balaban J connectivity index is 1.17. The Hall–Kier alpha value is -2.67. The summed E-state index contributed by atoms with van der Waals surface area (Å²) >= 11 is 0. The van der Waals surface area contributed by atoms with Gasteiger partial charge in [0, 0.05) is 18.9 Å². The van der Waals surface area contributed by atoms with Crippen LogP contribution in [-0.4, -0.2) is 59.2 Å². The molecule has 1 unspecified atom stereocenters. The van der Waals surface area contributed by atoms with Crippen LogP contribution in [-0.2, 0) is 9.53 Å². The molecule has 1 aromatic carbocycles. The van der Waals surface area contributed by atoms with E-state index in [1.54, 1.807) is 18.5 Å². The molecule has 2 fully saturated rings. The van der Waals surface area contributed by atoms with E-state index in [9.17, 15) is 4.79 Å². The molecule has 1 amide bonds. The number of benzene rings is 1. The van der Waals surface area contributed by atoms with Crippen molar-refractivity contribution >= 4 is 11.9 Å². The summed E-state index contributed by atoms with van der Waals surface area (Å²) in [7, 11) is 0. The van der Waals surface area contributed by atoms with Gasteiger partial charge in [-0.05, 0) is 37.0 Å². The third kappa shape index (κ3) is 4.36. The first-order valence-corrected chi connectivity index (χ1v) is 9.33. The van der Waals surface area contributed by atoms with E-state index in [-0.39, 0.29) is 18.1 Å². The molecular weight excluding hydrogens is 344 g/mol. The quantitative estimate of drug-likeness (QED) is 0.840. The number of carbonyl (C=O) groups is 1. The molecule has 27 heavy (non-hydrogen) atoms. The van der Waals surface area contributed by atoms with Gasteiger partial charge in [-0.25, -0.2) is 9.97 Å². The number of anilines is 1. The Kier molecular flexibility index (Phi) is 5.20. The lowest BCUT2D eigenvalue weighted by Crippen LogP contribution is -2.67. The molecule has 2 saturated heterocycles. The maximum Gasteiger partial charge on any atom is 0.260 e. The van der Waals surface area contributed by atoms with Gasteiger partial charge < -0.3 is 19.7 Å². The summed E-state index contributed by atoms with van der Waals surface area (Å²) in [6.07, 6.45) is 5.49. The van der Waals surface area contributed by atoms with E-state index in [4.69, 9.17) is 9.47 Å². The summed E-state index contributed by atoms with van der Waals surface area (Å²) in [4.78, 5) is 22.4. The normalized spacial score (nSPS) is 20.7. The molecule has 142 valence electrons. The molecule has 1 spiro atoms. The molecular formula is C20H24N4O3. The minimum Gasteiger partial charge on any atom is -0.484 e. The maximum atomic E-state index is 12.3. The van der Waals surface area contributed by atoms with Gasteiger partial charge >= 0.3 is 0 Å². The van der Waals surface area contributed by atoms with E-state index < -0.39 is 0 Å². The zero-order valence-electron chi connectivity index (χ0n) is 15.2. The van der Waals surface area contributed by atoms with Crippen LogP contribution in [0, 0.1) is 5.92 Å². The van der Waals surface area contributed by atoms with Gasteiger partial charge in [-0.2, -0.15) is 0 Å². The van der Waals surface area contributed by atoms with Crippen LogP contribution in [0.25, 0.3) is 0 Å². The van der Waals surface area contributed by atoms with Gasteiger partial charge in [0.1, 0.15) is 11.4 Å². The van der Waals surface area contributed by atoms with Gasteiger partial charge in [0.25, 0.3) is 5.91 Å². The minimum absolute atomic E-state index is 0.0121. The van der Waals surface area contributed by atoms with E-state index in [1.165, 1.54) is 0 Å². The van der Waals surface area contributed by atoms with Gasteiger partial charge in [-0.1, -0.05) is 18.2 Å². The highest BCUT2D eigenvalue weighted by Gasteiger charge is 2.48. The number of amides is 1. The van der Waals surface area contributed by atoms with Crippen LogP contribution in [0.4, 0.5) is 5.95 Å². The standard InChI is InChI=1S/C20H24N4O3/c25-18(13-26-17-5-2-1-3-6-17)24-14-20(15-24)8-7-16(12-27-20)11-23-19-21-9-4-10-22-19/h1-6,9-10,16H,7-8,11-15H2,(H,21,22,23). The van der Waals surface area contributed by atoms with Crippen molar-refractivity contribution in [2.45, 2.75) is 18.4 Å². The third-order valence-corrected chi connectivity index (χ3v) is 5.16. The average Bonchev–Trinajstić information content (AvgIpc) is 2.71. The molecule has 1 N–H and O–H groups in total. The first kappa shape index (κ1) is 17.7. The number of aromatic nitrogens is 2. The van der Waals surface area contributed by atoms with Crippen molar-refractivity contribution < 1.29 is 14.3 Å². The Morgan fingerprint density at radius 2 is 2.00 bits per heavy atom. The van der Waals surface area contributed by atoms with Gasteiger partial charge in [0.2, 0.25) is 5.95 Å². The van der Waals surface area contributed by atoms with E-state index in [2.05, 4.69) is 15.3 Å². The van der Waals surface area contributed by atoms with Gasteiger partial charge in [-0.15, -0.1) is 0 Å². The monoisotopic (exact) mass is 368 g/mol. The summed E-state index contributed by atoms with van der Waals surface area (Å²) in [5.74, 6) is 1.81. The smallest absolute Gasteiger partial charge is 0.260 e. The van der Waals surface area contributed by atoms with Crippen molar-refractivity contribution in [1.82, 2.24) is 14.9 Å². The molecule has 7 heteroatoms. The lowest BCUT2D eigenvalue weighted by molar-refractivity contribution is -0.188. The Morgan fingerprint density at radius 3 is 2.70 bits per heavy atom. The largest absolute Gasteiger partial charge is 0.484 e. The van der Waals surface area contributed by atoms with Gasteiger partial charge in [0.05, 0.1) is 19.7 Å². The van der Waals surface area contributed by atoms with Crippen molar-refractivity contribution in [2.75, 3.05) is 38.2 Å². The molecule has 2 aliphatic rings. The van der Waals surface area contributed by atoms with E-state index in [1.807, 2.05) is 35.2 Å². The van der Waals surface area contributed by atoms with Crippen LogP contribution < -0.4 is 10.1 Å². The van der Waals surface area contributed by atoms with Crippen LogP contribution in [0.2, 0.25) is 0 Å². The van der Waals surface area contributed by atoms with Crippen LogP contribution in [0.1, 0.15) is 12.8 Å². The second-order valence-corrected chi connectivity index (χ2v) is 7.20. The number of para-hydroxylation sites is 1. The molecule has 0 aliphatic carbocycles. The summed E-state index contributed by atoms with van der Waals surface area (Å²) in [6, 6.07) is 11.2. The molecule has 0 bridgehead atoms. The predicted molar refractivity (Wildman–Crippen MR) is 100 cm³/mol. The van der Waals surface area contributed by atoms with Gasteiger partial charge in [-0.3, -0.25) is 4.79 Å². The van der Waals surface area contributed by atoms with E-state index >= 15 is 0 Å². The molecule has 3 heterocycles. The number of hydrogen-bond donors (Lipinski definition) is 1. The van der Waals surface area contributed by atoms with E-state index in [0.29, 0.717) is 37.3 Å². The van der Waals surface area contributed by atoms with Crippen molar-refractivity contribution in [2.24, 2.45) is 5.92 Å². The lowest BCUT2D eigenvalue weighted by Gasteiger charge is -2.52. The summed E-state index contributed by atoms with van der Waals surface area (Å²) < 4.78 is 11.7. The highest BCUT2D eigenvalue weighted by atomic mass is 16.5. The van der Waals surface area contributed by atoms with Crippen LogP contribution in [0.3, 0.4) is 0 Å². The predicted octanol–water partition coefficient (Wildman–Crippen LogP) is 1.98. The van der Waals surface area contributed by atoms with E-state index in [0.717, 1.165) is 19.4 Å². The summed E-state index contributed by atoms with van der Waals surface area (Å²) in [6.45, 7) is 2.89. The maximum absolute atomic E-state index is 12.3. The third-order valence-electron chi connectivity index (χ3n) is 5.16. The summed E-state index contributed by atoms with van der Waals surface area (Å²) in [5, 5.41) is 3.25. The van der Waals surface area contributed by atoms with Crippen molar-refractivity contribution in [1.29, 1.82) is 0 Å². The number of carbonyl (C=O) groups excluding carboxylic acids is 1. The minimum atomic E-state index is -0.165. The van der Waals surface area contributed by atoms with Crippen LogP contribution in [0.5, 0.6) is 5.75 Å². The zero-order chi connectivity index (χ0) is 18.5. The lowest BCUT2D eigenvalue weighted by atomic mass is 9.83. The van der Waals surface area contributed by atoms with Gasteiger partial charge in [0.15, 0.2) is 6.61 Å². The Bertz CT molecular complexity index is 740. The molecule has 1 atom stereocenters. The Morgan fingerprint density at radius 1 is 1.22 bits per heavy atom. The molecule has 4 rings (SSSR count). The zero-order valence-corrected chi connectivity index (χ0v) is 15.2. The first-order valence-electron chi connectivity index (χ1n) is 9.33. The summed E-state index contributed by atoms with van der Waals surface area (Å²) in [5.41, 5.74) is -0.165. The first-order chi connectivity index (χ1) is 13.2. The molecule has 2 aromatic rings. The number of ether oxygens (including phenoxy) is 2. The highest BCUT2D eigenvalue weighted by molar-refractivity contribution is 5.79. The molecule has 7 nitrogen and oxygen atoms in total. The highest BCUT2D eigenvalue weighted by Crippen LogP contribution is 2.36. The fourth-order valence-corrected chi connectivity index (χ4v) is 3.53. The van der Waals surface area contributed by atoms with Crippen molar-refractivity contribution in [3.63, 3.8) is 0 Å². The molecule has 1 aromatic heterocycles. The van der Waals surface area contributed by atoms with Crippen molar-refractivity contribution in [3.8, 4) is 5.75 Å². The number of nitrogens with one attached hydrogen (secondary N) is 1. The number of rotatable bonds is 6. The second-order valence-electron chi connectivity index (χ2n) is 7.20. The number of hydrogen-bond acceptors (Lipinski definition) is 6. The number of likely N-dealkylation sites (tertiary alicyclic amines) is 1. The van der Waals surface area contributed by atoms with Crippen LogP contribution in [0.15, 0.2) is 48.8 Å². The second kappa shape index (κ2) is 7.92.